The highest BCUT2D eigenvalue weighted by Crippen LogP contribution is 2.20. The first-order valence-electron chi connectivity index (χ1n) is 7.67. The predicted octanol–water partition coefficient (Wildman–Crippen LogP) is 1.00. The quantitative estimate of drug-likeness (QED) is 0.725. The summed E-state index contributed by atoms with van der Waals surface area (Å²) in [7, 11) is 0. The average Bonchev–Trinajstić information content (AvgIpc) is 3.00. The number of benzene rings is 1. The third-order valence-corrected chi connectivity index (χ3v) is 4.00. The van der Waals surface area contributed by atoms with Gasteiger partial charge < -0.3 is 16.0 Å². The van der Waals surface area contributed by atoms with Crippen molar-refractivity contribution >= 4 is 17.6 Å². The van der Waals surface area contributed by atoms with Crippen LogP contribution in [0.25, 0.3) is 0 Å². The molecule has 2 aliphatic rings. The van der Waals surface area contributed by atoms with E-state index in [9.17, 15) is 14.0 Å². The van der Waals surface area contributed by atoms with E-state index in [-0.39, 0.29) is 11.6 Å². The third kappa shape index (κ3) is 3.50. The zero-order valence-electron chi connectivity index (χ0n) is 12.7. The van der Waals surface area contributed by atoms with Crippen molar-refractivity contribution in [3.63, 3.8) is 0 Å². The Hall–Kier alpha value is -2.41. The Morgan fingerprint density at radius 3 is 2.91 bits per heavy atom. The third-order valence-electron chi connectivity index (χ3n) is 4.00. The van der Waals surface area contributed by atoms with E-state index in [0.717, 1.165) is 25.1 Å². The van der Waals surface area contributed by atoms with Gasteiger partial charge in [0.25, 0.3) is 5.91 Å². The Bertz CT molecular complexity index is 659. The number of carbonyl (C=O) groups excluding carboxylic acids is 2. The number of amides is 3. The second-order valence-electron chi connectivity index (χ2n) is 5.55. The molecule has 1 fully saturated rings. The molecule has 1 saturated heterocycles. The SMILES string of the molecule is O=C(NCC1=CCNCC1)c1cc(N2CCNC2=O)ccc1F. The molecule has 0 aliphatic carbocycles. The van der Waals surface area contributed by atoms with Gasteiger partial charge in [0.05, 0.1) is 5.56 Å². The normalized spacial score (nSPS) is 17.7. The van der Waals surface area contributed by atoms with Gasteiger partial charge in [-0.25, -0.2) is 9.18 Å². The second-order valence-corrected chi connectivity index (χ2v) is 5.55. The summed E-state index contributed by atoms with van der Waals surface area (Å²) in [6.45, 7) is 3.13. The van der Waals surface area contributed by atoms with Crippen LogP contribution in [0.2, 0.25) is 0 Å². The van der Waals surface area contributed by atoms with Gasteiger partial charge in [-0.1, -0.05) is 11.6 Å². The van der Waals surface area contributed by atoms with Gasteiger partial charge in [-0.3, -0.25) is 9.69 Å². The Balaban J connectivity index is 1.71. The number of hydrogen-bond donors (Lipinski definition) is 3. The molecule has 0 saturated carbocycles. The summed E-state index contributed by atoms with van der Waals surface area (Å²) in [5, 5.41) is 8.62. The second kappa shape index (κ2) is 6.78. The topological polar surface area (TPSA) is 73.5 Å². The van der Waals surface area contributed by atoms with Crippen LogP contribution in [0.4, 0.5) is 14.9 Å². The molecule has 0 aromatic heterocycles. The van der Waals surface area contributed by atoms with Crippen LogP contribution in [0.3, 0.4) is 0 Å². The fourth-order valence-corrected chi connectivity index (χ4v) is 2.69. The molecule has 7 heteroatoms. The minimum Gasteiger partial charge on any atom is -0.348 e. The molecule has 6 nitrogen and oxygen atoms in total. The van der Waals surface area contributed by atoms with Gasteiger partial charge in [-0.05, 0) is 31.2 Å². The molecule has 122 valence electrons. The van der Waals surface area contributed by atoms with Crippen LogP contribution >= 0.6 is 0 Å². The van der Waals surface area contributed by atoms with Gasteiger partial charge >= 0.3 is 6.03 Å². The zero-order valence-corrected chi connectivity index (χ0v) is 12.7. The average molecular weight is 318 g/mol. The largest absolute Gasteiger partial charge is 0.348 e. The van der Waals surface area contributed by atoms with Crippen LogP contribution in [0.5, 0.6) is 0 Å². The number of halogens is 1. The first-order valence-corrected chi connectivity index (χ1v) is 7.67. The van der Waals surface area contributed by atoms with E-state index in [1.807, 2.05) is 6.08 Å². The fraction of sp³-hybridized carbons (Fsp3) is 0.375. The Morgan fingerprint density at radius 1 is 1.35 bits per heavy atom. The molecule has 2 aliphatic heterocycles. The van der Waals surface area contributed by atoms with Crippen molar-refractivity contribution in [3.05, 3.63) is 41.2 Å². The van der Waals surface area contributed by atoms with E-state index in [1.165, 1.54) is 23.1 Å². The molecule has 3 N–H and O–H groups in total. The van der Waals surface area contributed by atoms with Crippen LogP contribution in [-0.2, 0) is 0 Å². The molecule has 3 amide bonds. The number of carbonyl (C=O) groups is 2. The smallest absolute Gasteiger partial charge is 0.321 e. The highest BCUT2D eigenvalue weighted by molar-refractivity contribution is 5.98. The summed E-state index contributed by atoms with van der Waals surface area (Å²) in [4.78, 5) is 25.4. The number of rotatable bonds is 4. The van der Waals surface area contributed by atoms with Crippen LogP contribution in [0.15, 0.2) is 29.8 Å². The molecule has 1 aromatic carbocycles. The first kappa shape index (κ1) is 15.5. The molecule has 0 unspecified atom stereocenters. The number of hydrogen-bond acceptors (Lipinski definition) is 3. The molecule has 1 aromatic rings. The predicted molar refractivity (Wildman–Crippen MR) is 85.0 cm³/mol. The van der Waals surface area contributed by atoms with E-state index < -0.39 is 11.7 Å². The van der Waals surface area contributed by atoms with E-state index in [1.54, 1.807) is 0 Å². The van der Waals surface area contributed by atoms with Crippen molar-refractivity contribution in [2.45, 2.75) is 6.42 Å². The van der Waals surface area contributed by atoms with Gasteiger partial charge in [0.2, 0.25) is 0 Å². The van der Waals surface area contributed by atoms with E-state index >= 15 is 0 Å². The lowest BCUT2D eigenvalue weighted by Crippen LogP contribution is -2.31. The summed E-state index contributed by atoms with van der Waals surface area (Å²) in [6, 6.07) is 3.92. The molecule has 3 rings (SSSR count). The molecule has 2 heterocycles. The lowest BCUT2D eigenvalue weighted by molar-refractivity contribution is 0.0952. The fourth-order valence-electron chi connectivity index (χ4n) is 2.69. The summed E-state index contributed by atoms with van der Waals surface area (Å²) in [6.07, 6.45) is 2.90. The summed E-state index contributed by atoms with van der Waals surface area (Å²) < 4.78 is 14.0. The van der Waals surface area contributed by atoms with Crippen molar-refractivity contribution in [3.8, 4) is 0 Å². The van der Waals surface area contributed by atoms with Gasteiger partial charge in [0.15, 0.2) is 0 Å². The minimum atomic E-state index is -0.592. The maximum absolute atomic E-state index is 14.0. The standard InChI is InChI=1S/C16H19FN4O2/c17-14-2-1-12(21-8-7-19-16(21)23)9-13(14)15(22)20-10-11-3-5-18-6-4-11/h1-3,9,18H,4-8,10H2,(H,19,23)(H,20,22). The Kier molecular flexibility index (Phi) is 4.57. The number of anilines is 1. The first-order chi connectivity index (χ1) is 11.1. The summed E-state index contributed by atoms with van der Waals surface area (Å²) in [5.74, 6) is -1.06. The van der Waals surface area contributed by atoms with Gasteiger partial charge in [-0.15, -0.1) is 0 Å². The minimum absolute atomic E-state index is 0.0447. The molecule has 0 radical (unpaired) electrons. The summed E-state index contributed by atoms with van der Waals surface area (Å²) in [5.41, 5.74) is 1.61. The maximum atomic E-state index is 14.0. The lowest BCUT2D eigenvalue weighted by atomic mass is 10.1. The monoisotopic (exact) mass is 318 g/mol. The van der Waals surface area contributed by atoms with E-state index in [2.05, 4.69) is 16.0 Å². The maximum Gasteiger partial charge on any atom is 0.321 e. The van der Waals surface area contributed by atoms with Gasteiger partial charge in [0.1, 0.15) is 5.82 Å². The highest BCUT2D eigenvalue weighted by atomic mass is 19.1. The van der Waals surface area contributed by atoms with E-state index in [4.69, 9.17) is 0 Å². The van der Waals surface area contributed by atoms with Crippen molar-refractivity contribution in [2.24, 2.45) is 0 Å². The Morgan fingerprint density at radius 2 is 2.22 bits per heavy atom. The molecule has 0 spiro atoms. The van der Waals surface area contributed by atoms with Crippen LogP contribution < -0.4 is 20.9 Å². The van der Waals surface area contributed by atoms with Crippen molar-refractivity contribution in [1.29, 1.82) is 0 Å². The van der Waals surface area contributed by atoms with Crippen molar-refractivity contribution in [1.82, 2.24) is 16.0 Å². The van der Waals surface area contributed by atoms with Crippen LogP contribution in [0, 0.1) is 5.82 Å². The van der Waals surface area contributed by atoms with Crippen molar-refractivity contribution < 1.29 is 14.0 Å². The highest BCUT2D eigenvalue weighted by Gasteiger charge is 2.23. The molecular weight excluding hydrogens is 299 g/mol. The molecule has 0 bridgehead atoms. The number of nitrogens with zero attached hydrogens (tertiary/aromatic N) is 1. The molecular formula is C16H19FN4O2. The number of nitrogens with one attached hydrogen (secondary N) is 3. The molecule has 23 heavy (non-hydrogen) atoms. The van der Waals surface area contributed by atoms with Gasteiger partial charge in [-0.2, -0.15) is 0 Å². The van der Waals surface area contributed by atoms with Crippen LogP contribution in [0.1, 0.15) is 16.8 Å². The van der Waals surface area contributed by atoms with Crippen molar-refractivity contribution in [2.75, 3.05) is 37.6 Å². The molecule has 0 atom stereocenters. The number of urea groups is 1. The zero-order chi connectivity index (χ0) is 16.2. The summed E-state index contributed by atoms with van der Waals surface area (Å²) >= 11 is 0. The van der Waals surface area contributed by atoms with Crippen LogP contribution in [-0.4, -0.2) is 44.7 Å². The van der Waals surface area contributed by atoms with Gasteiger partial charge in [0, 0.05) is 31.9 Å². The lowest BCUT2D eigenvalue weighted by Gasteiger charge is -2.17. The Labute approximate surface area is 133 Å². The van der Waals surface area contributed by atoms with E-state index in [0.29, 0.717) is 25.3 Å².